The fourth-order valence-corrected chi connectivity index (χ4v) is 3.98. The molecule has 2 atom stereocenters. The Labute approximate surface area is 209 Å². The van der Waals surface area contributed by atoms with E-state index in [4.69, 9.17) is 4.74 Å². The normalized spacial score (nSPS) is 15.3. The van der Waals surface area contributed by atoms with Crippen LogP contribution in [0.25, 0.3) is 6.08 Å². The lowest BCUT2D eigenvalue weighted by Crippen LogP contribution is -2.58. The fourth-order valence-electron chi connectivity index (χ4n) is 3.98. The van der Waals surface area contributed by atoms with Crippen molar-refractivity contribution in [2.24, 2.45) is 0 Å². The van der Waals surface area contributed by atoms with Crippen molar-refractivity contribution in [3.05, 3.63) is 42.0 Å². The Morgan fingerprint density at radius 2 is 1.97 bits per heavy atom. The average Bonchev–Trinajstić information content (AvgIpc) is 2.77. The van der Waals surface area contributed by atoms with E-state index in [-0.39, 0.29) is 11.9 Å². The predicted molar refractivity (Wildman–Crippen MR) is 137 cm³/mol. The molecule has 1 aromatic rings. The number of rotatable bonds is 12. The molecule has 0 aromatic heterocycles. The Hall–Kier alpha value is -2.87. The zero-order valence-corrected chi connectivity index (χ0v) is 21.5. The first kappa shape index (κ1) is 28.4. The Morgan fingerprint density at radius 3 is 2.51 bits per heavy atom. The zero-order valence-electron chi connectivity index (χ0n) is 21.5. The molecule has 2 unspecified atom stereocenters. The highest BCUT2D eigenvalue weighted by Gasteiger charge is 2.41. The van der Waals surface area contributed by atoms with Crippen molar-refractivity contribution < 1.29 is 24.2 Å². The predicted octanol–water partition coefficient (Wildman–Crippen LogP) is 3.94. The molecule has 0 radical (unpaired) electrons. The molecule has 8 heteroatoms. The van der Waals surface area contributed by atoms with Crippen LogP contribution in [0.1, 0.15) is 83.4 Å². The molecule has 8 nitrogen and oxygen atoms in total. The smallest absolute Gasteiger partial charge is 0.408 e. The first-order valence-electron chi connectivity index (χ1n) is 12.5. The fraction of sp³-hybridized carbons (Fsp3) is 0.593. The highest BCUT2D eigenvalue weighted by atomic mass is 16.6. The second-order valence-electron chi connectivity index (χ2n) is 9.99. The van der Waals surface area contributed by atoms with Crippen LogP contribution >= 0.6 is 0 Å². The van der Waals surface area contributed by atoms with Gasteiger partial charge in [0.15, 0.2) is 0 Å². The molecular weight excluding hydrogens is 446 g/mol. The summed E-state index contributed by atoms with van der Waals surface area (Å²) in [5, 5.41) is 15.5. The summed E-state index contributed by atoms with van der Waals surface area (Å²) >= 11 is 0. The van der Waals surface area contributed by atoms with E-state index in [0.29, 0.717) is 12.1 Å². The number of hydrogen-bond acceptors (Lipinski definition) is 5. The van der Waals surface area contributed by atoms with Crippen LogP contribution < -0.4 is 10.6 Å². The van der Waals surface area contributed by atoms with Gasteiger partial charge in [-0.05, 0) is 63.6 Å². The second-order valence-corrected chi connectivity index (χ2v) is 9.99. The standard InChI is InChI=1S/C27H41N3O5/c1-6-8-9-16-28-24(32)23(20-13-10-12-19(7-2)17-20)30(21-14-11-15-21)25(33)22(18-31)29-26(34)35-27(3,4)5/h7,10,12-13,17,21-23,31H,2,6,8-9,11,14-16,18H2,1,3-5H3,(H,28,32)(H,29,34). The molecule has 0 aliphatic heterocycles. The quantitative estimate of drug-likeness (QED) is 0.387. The van der Waals surface area contributed by atoms with Gasteiger partial charge in [-0.15, -0.1) is 0 Å². The second kappa shape index (κ2) is 13.3. The molecule has 0 spiro atoms. The van der Waals surface area contributed by atoms with E-state index in [1.807, 2.05) is 24.3 Å². The molecule has 194 valence electrons. The number of unbranched alkanes of at least 4 members (excludes halogenated alkanes) is 2. The van der Waals surface area contributed by atoms with Crippen molar-refractivity contribution in [3.8, 4) is 0 Å². The summed E-state index contributed by atoms with van der Waals surface area (Å²) < 4.78 is 5.28. The topological polar surface area (TPSA) is 108 Å². The number of carbonyl (C=O) groups excluding carboxylic acids is 3. The van der Waals surface area contributed by atoms with E-state index in [1.165, 1.54) is 0 Å². The Balaban J connectivity index is 2.39. The summed E-state index contributed by atoms with van der Waals surface area (Å²) in [5.41, 5.74) is 0.731. The number of amides is 3. The van der Waals surface area contributed by atoms with Gasteiger partial charge in [0.2, 0.25) is 11.8 Å². The number of nitrogens with zero attached hydrogens (tertiary/aromatic N) is 1. The van der Waals surface area contributed by atoms with Crippen molar-refractivity contribution in [2.75, 3.05) is 13.2 Å². The summed E-state index contributed by atoms with van der Waals surface area (Å²) in [6, 6.07) is 5.07. The molecule has 2 rings (SSSR count). The SMILES string of the molecule is C=Cc1cccc(C(C(=O)NCCCCC)N(C(=O)C(CO)NC(=O)OC(C)(C)C)C2CCC2)c1. The maximum Gasteiger partial charge on any atom is 0.408 e. The molecular formula is C27H41N3O5. The molecule has 1 fully saturated rings. The van der Waals surface area contributed by atoms with Gasteiger partial charge in [-0.3, -0.25) is 9.59 Å². The number of ether oxygens (including phenoxy) is 1. The van der Waals surface area contributed by atoms with Gasteiger partial charge in [-0.25, -0.2) is 4.79 Å². The molecule has 3 amide bonds. The van der Waals surface area contributed by atoms with Crippen molar-refractivity contribution in [3.63, 3.8) is 0 Å². The lowest BCUT2D eigenvalue weighted by molar-refractivity contribution is -0.148. The minimum Gasteiger partial charge on any atom is -0.444 e. The van der Waals surface area contributed by atoms with Crippen molar-refractivity contribution in [1.29, 1.82) is 0 Å². The van der Waals surface area contributed by atoms with E-state index in [0.717, 1.165) is 44.1 Å². The molecule has 35 heavy (non-hydrogen) atoms. The highest BCUT2D eigenvalue weighted by Crippen LogP contribution is 2.34. The monoisotopic (exact) mass is 487 g/mol. The number of benzene rings is 1. The van der Waals surface area contributed by atoms with Crippen LogP contribution in [0.4, 0.5) is 4.79 Å². The van der Waals surface area contributed by atoms with Crippen LogP contribution in [0.2, 0.25) is 0 Å². The molecule has 3 N–H and O–H groups in total. The van der Waals surface area contributed by atoms with Crippen molar-refractivity contribution in [1.82, 2.24) is 15.5 Å². The van der Waals surface area contributed by atoms with Crippen molar-refractivity contribution in [2.45, 2.75) is 89.9 Å². The first-order valence-corrected chi connectivity index (χ1v) is 12.5. The summed E-state index contributed by atoms with van der Waals surface area (Å²) in [4.78, 5) is 41.2. The lowest BCUT2D eigenvalue weighted by atomic mass is 9.88. The highest BCUT2D eigenvalue weighted by molar-refractivity contribution is 5.92. The molecule has 0 heterocycles. The molecule has 0 saturated heterocycles. The Bertz CT molecular complexity index is 876. The van der Waals surface area contributed by atoms with E-state index in [9.17, 15) is 19.5 Å². The minimum absolute atomic E-state index is 0.171. The summed E-state index contributed by atoms with van der Waals surface area (Å²) in [5.74, 6) is -0.794. The van der Waals surface area contributed by atoms with E-state index < -0.39 is 36.3 Å². The van der Waals surface area contributed by atoms with Crippen LogP contribution in [-0.4, -0.2) is 58.8 Å². The van der Waals surface area contributed by atoms with E-state index >= 15 is 0 Å². The van der Waals surface area contributed by atoms with Gasteiger partial charge in [-0.1, -0.05) is 50.6 Å². The number of aliphatic hydroxyl groups excluding tert-OH is 1. The third-order valence-electron chi connectivity index (χ3n) is 5.96. The van der Waals surface area contributed by atoms with Crippen LogP contribution in [0.3, 0.4) is 0 Å². The van der Waals surface area contributed by atoms with Gasteiger partial charge in [0.25, 0.3) is 0 Å². The maximum absolute atomic E-state index is 13.8. The van der Waals surface area contributed by atoms with Gasteiger partial charge in [-0.2, -0.15) is 0 Å². The largest absolute Gasteiger partial charge is 0.444 e. The van der Waals surface area contributed by atoms with E-state index in [1.54, 1.807) is 31.7 Å². The Kier molecular flexibility index (Phi) is 10.8. The van der Waals surface area contributed by atoms with Gasteiger partial charge in [0, 0.05) is 12.6 Å². The third-order valence-corrected chi connectivity index (χ3v) is 5.96. The minimum atomic E-state index is -1.23. The molecule has 1 aromatic carbocycles. The van der Waals surface area contributed by atoms with Gasteiger partial charge >= 0.3 is 6.09 Å². The summed E-state index contributed by atoms with van der Waals surface area (Å²) in [6.45, 7) is 11.0. The number of alkyl carbamates (subject to hydrolysis) is 1. The number of carbonyl (C=O) groups is 3. The average molecular weight is 488 g/mol. The number of hydrogen-bond donors (Lipinski definition) is 3. The van der Waals surface area contributed by atoms with Crippen LogP contribution in [-0.2, 0) is 14.3 Å². The Morgan fingerprint density at radius 1 is 1.26 bits per heavy atom. The third kappa shape index (κ3) is 8.38. The zero-order chi connectivity index (χ0) is 26.0. The van der Waals surface area contributed by atoms with Crippen LogP contribution in [0.15, 0.2) is 30.8 Å². The van der Waals surface area contributed by atoms with E-state index in [2.05, 4.69) is 24.1 Å². The van der Waals surface area contributed by atoms with Crippen molar-refractivity contribution >= 4 is 24.0 Å². The lowest BCUT2D eigenvalue weighted by Gasteiger charge is -2.43. The van der Waals surface area contributed by atoms with Gasteiger partial charge < -0.3 is 25.4 Å². The molecule has 1 aliphatic rings. The van der Waals surface area contributed by atoms with Gasteiger partial charge in [0.05, 0.1) is 6.61 Å². The van der Waals surface area contributed by atoms with Crippen LogP contribution in [0, 0.1) is 0 Å². The molecule has 1 aliphatic carbocycles. The number of aliphatic hydroxyl groups is 1. The summed E-state index contributed by atoms with van der Waals surface area (Å²) in [6.07, 6.45) is 6.20. The molecule has 0 bridgehead atoms. The maximum atomic E-state index is 13.8. The summed E-state index contributed by atoms with van der Waals surface area (Å²) in [7, 11) is 0. The van der Waals surface area contributed by atoms with Crippen LogP contribution in [0.5, 0.6) is 0 Å². The first-order chi connectivity index (χ1) is 16.6. The van der Waals surface area contributed by atoms with Gasteiger partial charge in [0.1, 0.15) is 17.7 Å². The number of nitrogens with one attached hydrogen (secondary N) is 2. The molecule has 1 saturated carbocycles.